The first-order valence-electron chi connectivity index (χ1n) is 7.83. The van der Waals surface area contributed by atoms with Crippen LogP contribution in [0.5, 0.6) is 5.75 Å². The average molecular weight is 369 g/mol. The summed E-state index contributed by atoms with van der Waals surface area (Å²) in [4.78, 5) is 12.4. The van der Waals surface area contributed by atoms with Crippen molar-refractivity contribution in [3.05, 3.63) is 65.7 Å². The van der Waals surface area contributed by atoms with Crippen molar-refractivity contribution in [2.75, 3.05) is 5.32 Å². The van der Waals surface area contributed by atoms with Gasteiger partial charge < -0.3 is 4.74 Å². The second-order valence-electron chi connectivity index (χ2n) is 5.55. The molecule has 1 atom stereocenters. The highest BCUT2D eigenvalue weighted by Gasteiger charge is 2.29. The molecule has 0 fully saturated rings. The molecule has 126 valence electrons. The van der Waals surface area contributed by atoms with Gasteiger partial charge in [-0.25, -0.2) is 0 Å². The number of amides is 1. The molecule has 0 saturated carbocycles. The molecule has 2 heterocycles. The fraction of sp³-hybridized carbons (Fsp3) is 0.167. The highest BCUT2D eigenvalue weighted by molar-refractivity contribution is 8.00. The molecule has 3 aromatic rings. The standard InChI is InChI=1S/C18H15N3O2S2/c22-16(15-10-13-8-4-5-9-14(13)23-15)19-17-20-21-18(25-17)24-11-12-6-2-1-3-7-12/h1-9,15H,10-11H2,(H,19,20,22). The number of fused-ring (bicyclic) bond motifs is 1. The van der Waals surface area contributed by atoms with Crippen molar-refractivity contribution in [1.29, 1.82) is 0 Å². The number of hydrogen-bond acceptors (Lipinski definition) is 6. The highest BCUT2D eigenvalue weighted by atomic mass is 32.2. The second-order valence-corrected chi connectivity index (χ2v) is 7.75. The lowest BCUT2D eigenvalue weighted by atomic mass is 10.1. The summed E-state index contributed by atoms with van der Waals surface area (Å²) in [5, 5.41) is 11.5. The molecule has 1 aromatic heterocycles. The number of hydrogen-bond donors (Lipinski definition) is 1. The highest BCUT2D eigenvalue weighted by Crippen LogP contribution is 2.30. The Labute approximate surface area is 153 Å². The van der Waals surface area contributed by atoms with E-state index in [1.807, 2.05) is 42.5 Å². The Morgan fingerprint density at radius 3 is 2.80 bits per heavy atom. The lowest BCUT2D eigenvalue weighted by Crippen LogP contribution is -2.31. The lowest BCUT2D eigenvalue weighted by Gasteiger charge is -2.08. The summed E-state index contributed by atoms with van der Waals surface area (Å²) >= 11 is 2.98. The zero-order valence-electron chi connectivity index (χ0n) is 13.2. The summed E-state index contributed by atoms with van der Waals surface area (Å²) in [6, 6.07) is 17.9. The lowest BCUT2D eigenvalue weighted by molar-refractivity contribution is -0.122. The van der Waals surface area contributed by atoms with Crippen molar-refractivity contribution in [3.63, 3.8) is 0 Å². The van der Waals surface area contributed by atoms with Crippen LogP contribution in [0.3, 0.4) is 0 Å². The van der Waals surface area contributed by atoms with Gasteiger partial charge in [-0.2, -0.15) is 0 Å². The Morgan fingerprint density at radius 1 is 1.16 bits per heavy atom. The smallest absolute Gasteiger partial charge is 0.267 e. The molecule has 7 heteroatoms. The van der Waals surface area contributed by atoms with Crippen LogP contribution >= 0.6 is 23.1 Å². The number of nitrogens with one attached hydrogen (secondary N) is 1. The average Bonchev–Trinajstić information content (AvgIpc) is 3.27. The van der Waals surface area contributed by atoms with Crippen molar-refractivity contribution >= 4 is 34.1 Å². The molecule has 25 heavy (non-hydrogen) atoms. The number of thioether (sulfide) groups is 1. The number of aromatic nitrogens is 2. The SMILES string of the molecule is O=C(Nc1nnc(SCc2ccccc2)s1)C1Cc2ccccc2O1. The van der Waals surface area contributed by atoms with Gasteiger partial charge in [-0.1, -0.05) is 71.6 Å². The van der Waals surface area contributed by atoms with Gasteiger partial charge in [0.25, 0.3) is 5.91 Å². The van der Waals surface area contributed by atoms with E-state index in [0.717, 1.165) is 21.4 Å². The van der Waals surface area contributed by atoms with Crippen LogP contribution in [0.4, 0.5) is 5.13 Å². The molecule has 5 nitrogen and oxygen atoms in total. The molecule has 4 rings (SSSR count). The quantitative estimate of drug-likeness (QED) is 0.548. The van der Waals surface area contributed by atoms with Crippen LogP contribution in [0.15, 0.2) is 58.9 Å². The van der Waals surface area contributed by atoms with E-state index in [1.165, 1.54) is 16.9 Å². The molecule has 1 amide bonds. The summed E-state index contributed by atoms with van der Waals surface area (Å²) in [5.41, 5.74) is 2.28. The van der Waals surface area contributed by atoms with E-state index in [-0.39, 0.29) is 5.91 Å². The maximum Gasteiger partial charge on any atom is 0.267 e. The van der Waals surface area contributed by atoms with Crippen LogP contribution in [0.25, 0.3) is 0 Å². The van der Waals surface area contributed by atoms with Gasteiger partial charge >= 0.3 is 0 Å². The van der Waals surface area contributed by atoms with Crippen LogP contribution in [0.2, 0.25) is 0 Å². The van der Waals surface area contributed by atoms with Gasteiger partial charge in [0.2, 0.25) is 5.13 Å². The van der Waals surface area contributed by atoms with E-state index in [2.05, 4.69) is 27.6 Å². The van der Waals surface area contributed by atoms with Gasteiger partial charge in [0.1, 0.15) is 5.75 Å². The summed E-state index contributed by atoms with van der Waals surface area (Å²) in [6.45, 7) is 0. The van der Waals surface area contributed by atoms with Crippen LogP contribution in [-0.4, -0.2) is 22.2 Å². The van der Waals surface area contributed by atoms with Crippen molar-refractivity contribution < 1.29 is 9.53 Å². The van der Waals surface area contributed by atoms with E-state index in [9.17, 15) is 4.79 Å². The molecule has 0 saturated heterocycles. The molecular weight excluding hydrogens is 354 g/mol. The normalized spacial score (nSPS) is 15.4. The molecule has 1 aliphatic rings. The van der Waals surface area contributed by atoms with Gasteiger partial charge in [0, 0.05) is 12.2 Å². The minimum atomic E-state index is -0.512. The minimum absolute atomic E-state index is 0.188. The molecule has 2 aromatic carbocycles. The number of benzene rings is 2. The van der Waals surface area contributed by atoms with Crippen LogP contribution in [-0.2, 0) is 17.0 Å². The molecule has 0 aliphatic carbocycles. The van der Waals surface area contributed by atoms with Crippen LogP contribution in [0.1, 0.15) is 11.1 Å². The van der Waals surface area contributed by atoms with Gasteiger partial charge in [-0.3, -0.25) is 10.1 Å². The van der Waals surface area contributed by atoms with Crippen molar-refractivity contribution in [1.82, 2.24) is 10.2 Å². The summed E-state index contributed by atoms with van der Waals surface area (Å²) < 4.78 is 6.52. The van der Waals surface area contributed by atoms with E-state index in [0.29, 0.717) is 11.6 Å². The third-order valence-electron chi connectivity index (χ3n) is 3.78. The molecule has 1 N–H and O–H groups in total. The Balaban J connectivity index is 1.33. The van der Waals surface area contributed by atoms with Gasteiger partial charge in [0.15, 0.2) is 10.4 Å². The molecule has 1 unspecified atom stereocenters. The molecular formula is C18H15N3O2S2. The molecule has 0 bridgehead atoms. The maximum absolute atomic E-state index is 12.4. The van der Waals surface area contributed by atoms with E-state index >= 15 is 0 Å². The van der Waals surface area contributed by atoms with Crippen molar-refractivity contribution in [2.45, 2.75) is 22.6 Å². The molecule has 1 aliphatic heterocycles. The number of anilines is 1. The maximum atomic E-state index is 12.4. The summed E-state index contributed by atoms with van der Waals surface area (Å²) in [5.74, 6) is 1.41. The molecule has 0 radical (unpaired) electrons. The third kappa shape index (κ3) is 3.83. The van der Waals surface area contributed by atoms with Gasteiger partial charge in [0.05, 0.1) is 0 Å². The zero-order chi connectivity index (χ0) is 17.1. The summed E-state index contributed by atoms with van der Waals surface area (Å²) in [7, 11) is 0. The summed E-state index contributed by atoms with van der Waals surface area (Å²) in [6.07, 6.45) is 0.0675. The Morgan fingerprint density at radius 2 is 1.96 bits per heavy atom. The number of carbonyl (C=O) groups excluding carboxylic acids is 1. The van der Waals surface area contributed by atoms with Crippen LogP contribution in [0, 0.1) is 0 Å². The van der Waals surface area contributed by atoms with E-state index < -0.39 is 6.10 Å². The minimum Gasteiger partial charge on any atom is -0.480 e. The van der Waals surface area contributed by atoms with Crippen molar-refractivity contribution in [3.8, 4) is 5.75 Å². The fourth-order valence-electron chi connectivity index (χ4n) is 2.55. The number of para-hydroxylation sites is 1. The topological polar surface area (TPSA) is 64.1 Å². The van der Waals surface area contributed by atoms with E-state index in [1.54, 1.807) is 11.8 Å². The predicted molar refractivity (Wildman–Crippen MR) is 99.1 cm³/mol. The Hall–Kier alpha value is -2.38. The first-order chi connectivity index (χ1) is 12.3. The van der Waals surface area contributed by atoms with Crippen LogP contribution < -0.4 is 10.1 Å². The molecule has 0 spiro atoms. The van der Waals surface area contributed by atoms with Gasteiger partial charge in [-0.15, -0.1) is 10.2 Å². The van der Waals surface area contributed by atoms with Crippen molar-refractivity contribution in [2.24, 2.45) is 0 Å². The third-order valence-corrected chi connectivity index (χ3v) is 5.82. The Kier molecular flexibility index (Phi) is 4.67. The second kappa shape index (κ2) is 7.25. The fourth-order valence-corrected chi connectivity index (χ4v) is 4.26. The van der Waals surface area contributed by atoms with E-state index in [4.69, 9.17) is 4.74 Å². The predicted octanol–water partition coefficient (Wildman–Crippen LogP) is 3.77. The zero-order valence-corrected chi connectivity index (χ0v) is 14.8. The number of rotatable bonds is 5. The number of nitrogens with zero attached hydrogens (tertiary/aromatic N) is 2. The first-order valence-corrected chi connectivity index (χ1v) is 9.64. The largest absolute Gasteiger partial charge is 0.480 e. The monoisotopic (exact) mass is 369 g/mol. The number of ether oxygens (including phenoxy) is 1. The first kappa shape index (κ1) is 16.1. The van der Waals surface area contributed by atoms with Gasteiger partial charge in [-0.05, 0) is 17.2 Å². The number of carbonyl (C=O) groups is 1. The Bertz CT molecular complexity index is 858.